The zero-order valence-corrected chi connectivity index (χ0v) is 12.1. The molecule has 0 aliphatic heterocycles. The maximum Gasteiger partial charge on any atom is 0.229 e. The van der Waals surface area contributed by atoms with Crippen LogP contribution in [0.4, 0.5) is 0 Å². The Labute approximate surface area is 126 Å². The Balaban J connectivity index is 1.73. The minimum absolute atomic E-state index is 0.185. The van der Waals surface area contributed by atoms with Gasteiger partial charge in [0.15, 0.2) is 6.61 Å². The van der Waals surface area contributed by atoms with Gasteiger partial charge in [0.2, 0.25) is 11.7 Å². The molecule has 0 spiro atoms. The summed E-state index contributed by atoms with van der Waals surface area (Å²) in [6.07, 6.45) is 2.23. The third-order valence-corrected chi connectivity index (χ3v) is 3.56. The monoisotopic (exact) mass is 313 g/mol. The number of halogens is 2. The van der Waals surface area contributed by atoms with Gasteiger partial charge in [0.25, 0.3) is 0 Å². The lowest BCUT2D eigenvalue weighted by atomic mass is 10.2. The summed E-state index contributed by atoms with van der Waals surface area (Å²) in [6.45, 7) is 0.472. The minimum Gasteiger partial charge on any atom is -0.484 e. The van der Waals surface area contributed by atoms with Crippen LogP contribution >= 0.6 is 23.2 Å². The van der Waals surface area contributed by atoms with Gasteiger partial charge in [0.1, 0.15) is 5.75 Å². The van der Waals surface area contributed by atoms with Crippen LogP contribution in [0, 0.1) is 0 Å². The van der Waals surface area contributed by atoms with Gasteiger partial charge in [-0.05, 0) is 25.0 Å². The molecule has 0 amide bonds. The molecular formula is C13H13Cl2N3O2. The summed E-state index contributed by atoms with van der Waals surface area (Å²) in [5.41, 5.74) is 6.41. The van der Waals surface area contributed by atoms with Crippen molar-refractivity contribution in [3.63, 3.8) is 0 Å². The zero-order chi connectivity index (χ0) is 14.1. The first-order valence-corrected chi connectivity index (χ1v) is 7.06. The highest BCUT2D eigenvalue weighted by atomic mass is 35.5. The SMILES string of the molecule is NCc1cc(Cl)cc(Cl)c1OCc1noc(C2CC2)n1. The number of nitrogens with zero attached hydrogens (tertiary/aromatic N) is 2. The first kappa shape index (κ1) is 13.7. The highest BCUT2D eigenvalue weighted by molar-refractivity contribution is 6.35. The van der Waals surface area contributed by atoms with Crippen LogP contribution in [0.3, 0.4) is 0 Å². The second-order valence-electron chi connectivity index (χ2n) is 4.69. The fraction of sp³-hybridized carbons (Fsp3) is 0.385. The number of hydrogen-bond donors (Lipinski definition) is 1. The van der Waals surface area contributed by atoms with E-state index in [4.69, 9.17) is 38.2 Å². The Kier molecular flexibility index (Phi) is 3.83. The smallest absolute Gasteiger partial charge is 0.229 e. The van der Waals surface area contributed by atoms with E-state index in [1.807, 2.05) is 0 Å². The van der Waals surface area contributed by atoms with Crippen LogP contribution in [0.2, 0.25) is 10.0 Å². The molecule has 1 aromatic carbocycles. The van der Waals surface area contributed by atoms with Crippen molar-refractivity contribution < 1.29 is 9.26 Å². The molecule has 1 saturated carbocycles. The summed E-state index contributed by atoms with van der Waals surface area (Å²) < 4.78 is 10.8. The van der Waals surface area contributed by atoms with Crippen molar-refractivity contribution in [2.45, 2.75) is 31.9 Å². The highest BCUT2D eigenvalue weighted by Gasteiger charge is 2.29. The quantitative estimate of drug-likeness (QED) is 0.916. The molecule has 20 heavy (non-hydrogen) atoms. The van der Waals surface area contributed by atoms with Crippen LogP contribution in [0.15, 0.2) is 16.7 Å². The summed E-state index contributed by atoms with van der Waals surface area (Å²) in [4.78, 5) is 4.29. The van der Waals surface area contributed by atoms with Gasteiger partial charge in [0.05, 0.1) is 5.02 Å². The lowest BCUT2D eigenvalue weighted by Crippen LogP contribution is -2.04. The van der Waals surface area contributed by atoms with Gasteiger partial charge in [-0.2, -0.15) is 4.98 Å². The Morgan fingerprint density at radius 1 is 1.35 bits per heavy atom. The molecule has 2 aromatic rings. The molecule has 1 heterocycles. The van der Waals surface area contributed by atoms with E-state index in [1.54, 1.807) is 12.1 Å². The van der Waals surface area contributed by atoms with Gasteiger partial charge < -0.3 is 15.0 Å². The maximum atomic E-state index is 6.12. The summed E-state index contributed by atoms with van der Waals surface area (Å²) in [5.74, 6) is 2.12. The fourth-order valence-electron chi connectivity index (χ4n) is 1.89. The Hall–Kier alpha value is -1.30. The molecule has 2 N–H and O–H groups in total. The van der Waals surface area contributed by atoms with Gasteiger partial charge in [-0.1, -0.05) is 28.4 Å². The second-order valence-corrected chi connectivity index (χ2v) is 5.54. The van der Waals surface area contributed by atoms with E-state index in [-0.39, 0.29) is 13.2 Å². The number of aromatic nitrogens is 2. The van der Waals surface area contributed by atoms with Gasteiger partial charge in [-0.25, -0.2) is 0 Å². The molecule has 1 aliphatic rings. The van der Waals surface area contributed by atoms with Gasteiger partial charge >= 0.3 is 0 Å². The average molecular weight is 314 g/mol. The average Bonchev–Trinajstić information content (AvgIpc) is 3.16. The van der Waals surface area contributed by atoms with Crippen LogP contribution in [0.25, 0.3) is 0 Å². The van der Waals surface area contributed by atoms with Crippen molar-refractivity contribution in [1.29, 1.82) is 0 Å². The van der Waals surface area contributed by atoms with E-state index >= 15 is 0 Å². The van der Waals surface area contributed by atoms with Crippen LogP contribution in [-0.4, -0.2) is 10.1 Å². The molecule has 0 saturated heterocycles. The maximum absolute atomic E-state index is 6.12. The van der Waals surface area contributed by atoms with E-state index in [0.717, 1.165) is 18.4 Å². The third kappa shape index (κ3) is 2.90. The number of benzene rings is 1. The number of rotatable bonds is 5. The molecule has 106 valence electrons. The molecule has 0 unspecified atom stereocenters. The topological polar surface area (TPSA) is 74.2 Å². The van der Waals surface area contributed by atoms with Crippen molar-refractivity contribution in [3.8, 4) is 5.75 Å². The van der Waals surface area contributed by atoms with Crippen molar-refractivity contribution in [2.24, 2.45) is 5.73 Å². The van der Waals surface area contributed by atoms with Crippen LogP contribution in [-0.2, 0) is 13.2 Å². The summed E-state index contributed by atoms with van der Waals surface area (Å²) >= 11 is 12.0. The molecular weight excluding hydrogens is 301 g/mol. The number of hydrogen-bond acceptors (Lipinski definition) is 5. The van der Waals surface area contributed by atoms with Crippen LogP contribution < -0.4 is 10.5 Å². The largest absolute Gasteiger partial charge is 0.484 e. The molecule has 0 atom stereocenters. The predicted molar refractivity (Wildman–Crippen MR) is 75.0 cm³/mol. The molecule has 7 heteroatoms. The number of nitrogens with two attached hydrogens (primary N) is 1. The lowest BCUT2D eigenvalue weighted by Gasteiger charge is -2.11. The minimum atomic E-state index is 0.185. The molecule has 5 nitrogen and oxygen atoms in total. The first-order chi connectivity index (χ1) is 9.67. The Bertz CT molecular complexity index is 626. The van der Waals surface area contributed by atoms with E-state index in [1.165, 1.54) is 0 Å². The van der Waals surface area contributed by atoms with Crippen molar-refractivity contribution in [1.82, 2.24) is 10.1 Å². The van der Waals surface area contributed by atoms with Gasteiger partial charge in [0, 0.05) is 23.0 Å². The standard InChI is InChI=1S/C13H13Cl2N3O2/c14-9-3-8(5-16)12(10(15)4-9)19-6-11-17-13(20-18-11)7-1-2-7/h3-4,7H,1-2,5-6,16H2. The van der Waals surface area contributed by atoms with Crippen LogP contribution in [0.5, 0.6) is 5.75 Å². The Morgan fingerprint density at radius 3 is 2.85 bits per heavy atom. The van der Waals surface area contributed by atoms with E-state index in [2.05, 4.69) is 10.1 Å². The van der Waals surface area contributed by atoms with Gasteiger partial charge in [-0.15, -0.1) is 0 Å². The molecule has 0 bridgehead atoms. The second kappa shape index (κ2) is 5.60. The lowest BCUT2D eigenvalue weighted by molar-refractivity contribution is 0.282. The van der Waals surface area contributed by atoms with Crippen molar-refractivity contribution in [2.75, 3.05) is 0 Å². The molecule has 1 aliphatic carbocycles. The zero-order valence-electron chi connectivity index (χ0n) is 10.6. The highest BCUT2D eigenvalue weighted by Crippen LogP contribution is 2.39. The molecule has 1 aromatic heterocycles. The molecule has 3 rings (SSSR count). The summed E-state index contributed by atoms with van der Waals surface area (Å²) in [6, 6.07) is 3.35. The molecule has 1 fully saturated rings. The van der Waals surface area contributed by atoms with Crippen molar-refractivity contribution in [3.05, 3.63) is 39.5 Å². The van der Waals surface area contributed by atoms with E-state index < -0.39 is 0 Å². The Morgan fingerprint density at radius 2 is 2.15 bits per heavy atom. The number of ether oxygens (including phenoxy) is 1. The normalized spacial score (nSPS) is 14.6. The van der Waals surface area contributed by atoms with Gasteiger partial charge in [-0.3, -0.25) is 0 Å². The third-order valence-electron chi connectivity index (χ3n) is 3.06. The summed E-state index contributed by atoms with van der Waals surface area (Å²) in [5, 5.41) is 4.83. The predicted octanol–water partition coefficient (Wildman–Crippen LogP) is 3.29. The summed E-state index contributed by atoms with van der Waals surface area (Å²) in [7, 11) is 0. The van der Waals surface area contributed by atoms with Crippen molar-refractivity contribution >= 4 is 23.2 Å². The van der Waals surface area contributed by atoms with Crippen LogP contribution in [0.1, 0.15) is 36.0 Å². The first-order valence-electron chi connectivity index (χ1n) is 6.30. The van der Waals surface area contributed by atoms with E-state index in [0.29, 0.717) is 33.4 Å². The molecule has 0 radical (unpaired) electrons. The fourth-order valence-corrected chi connectivity index (χ4v) is 2.48. The van der Waals surface area contributed by atoms with E-state index in [9.17, 15) is 0 Å².